The molecule has 1 heterocycles. The van der Waals surface area contributed by atoms with Crippen molar-refractivity contribution in [1.29, 1.82) is 0 Å². The van der Waals surface area contributed by atoms with Crippen molar-refractivity contribution in [2.75, 3.05) is 13.6 Å². The second kappa shape index (κ2) is 8.28. The summed E-state index contributed by atoms with van der Waals surface area (Å²) in [5, 5.41) is 6.87. The molecule has 1 N–H and O–H groups in total. The number of halogens is 2. The van der Waals surface area contributed by atoms with E-state index in [1.165, 1.54) is 12.1 Å². The highest BCUT2D eigenvalue weighted by Gasteiger charge is 2.09. The zero-order chi connectivity index (χ0) is 17.5. The number of hydrogen-bond donors (Lipinski definition) is 1. The molecule has 0 atom stereocenters. The van der Waals surface area contributed by atoms with Crippen molar-refractivity contribution in [1.82, 2.24) is 20.0 Å². The molecule has 1 aromatic carbocycles. The summed E-state index contributed by atoms with van der Waals surface area (Å²) in [5.74, 6) is 0.119. The third kappa shape index (κ3) is 5.53. The van der Waals surface area contributed by atoms with E-state index in [1.54, 1.807) is 35.0 Å². The Balaban J connectivity index is 1.73. The van der Waals surface area contributed by atoms with Crippen LogP contribution in [0.4, 0.5) is 13.6 Å². The van der Waals surface area contributed by atoms with Gasteiger partial charge in [0.2, 0.25) is 0 Å². The van der Waals surface area contributed by atoms with E-state index in [1.807, 2.05) is 13.2 Å². The van der Waals surface area contributed by atoms with E-state index in [0.717, 1.165) is 11.1 Å². The first-order valence-electron chi connectivity index (χ1n) is 7.44. The number of urea groups is 1. The molecule has 130 valence electrons. The minimum Gasteiger partial charge on any atom is -0.435 e. The fourth-order valence-electron chi connectivity index (χ4n) is 2.19. The van der Waals surface area contributed by atoms with E-state index in [4.69, 9.17) is 0 Å². The fourth-order valence-corrected chi connectivity index (χ4v) is 2.19. The molecule has 8 heteroatoms. The monoisotopic (exact) mass is 338 g/mol. The first-order valence-corrected chi connectivity index (χ1v) is 7.44. The Bertz CT molecular complexity index is 658. The summed E-state index contributed by atoms with van der Waals surface area (Å²) in [6.07, 6.45) is 4.17. The summed E-state index contributed by atoms with van der Waals surface area (Å²) in [5.41, 5.74) is 1.87. The fraction of sp³-hybridized carbons (Fsp3) is 0.375. The number of carbonyl (C=O) groups is 1. The van der Waals surface area contributed by atoms with Crippen LogP contribution in [0.15, 0.2) is 36.7 Å². The summed E-state index contributed by atoms with van der Waals surface area (Å²) in [4.78, 5) is 13.6. The maximum absolute atomic E-state index is 12.1. The van der Waals surface area contributed by atoms with Gasteiger partial charge in [-0.2, -0.15) is 13.9 Å². The van der Waals surface area contributed by atoms with E-state index in [9.17, 15) is 13.6 Å². The Hall–Kier alpha value is -2.64. The number of carbonyl (C=O) groups excluding carboxylic acids is 1. The minimum atomic E-state index is -2.83. The highest BCUT2D eigenvalue weighted by Crippen LogP contribution is 2.15. The maximum Gasteiger partial charge on any atom is 0.387 e. The number of amides is 2. The van der Waals surface area contributed by atoms with Gasteiger partial charge in [-0.25, -0.2) is 4.79 Å². The molecule has 2 amide bonds. The number of aromatic nitrogens is 2. The van der Waals surface area contributed by atoms with Gasteiger partial charge in [-0.1, -0.05) is 12.1 Å². The van der Waals surface area contributed by atoms with Crippen LogP contribution in [0.3, 0.4) is 0 Å². The van der Waals surface area contributed by atoms with Gasteiger partial charge in [-0.05, 0) is 24.1 Å². The lowest BCUT2D eigenvalue weighted by Crippen LogP contribution is -2.37. The predicted molar refractivity (Wildman–Crippen MR) is 84.9 cm³/mol. The smallest absolute Gasteiger partial charge is 0.387 e. The first kappa shape index (κ1) is 17.7. The molecule has 0 saturated heterocycles. The Morgan fingerprint density at radius 2 is 2.04 bits per heavy atom. The van der Waals surface area contributed by atoms with E-state index < -0.39 is 6.61 Å². The lowest BCUT2D eigenvalue weighted by molar-refractivity contribution is -0.0498. The van der Waals surface area contributed by atoms with Crippen molar-refractivity contribution in [2.45, 2.75) is 19.6 Å². The molecule has 2 aromatic rings. The van der Waals surface area contributed by atoms with E-state index in [2.05, 4.69) is 15.2 Å². The van der Waals surface area contributed by atoms with Crippen molar-refractivity contribution >= 4 is 6.03 Å². The quantitative estimate of drug-likeness (QED) is 0.843. The number of aryl methyl sites for hydroxylation is 1. The largest absolute Gasteiger partial charge is 0.435 e. The van der Waals surface area contributed by atoms with Crippen molar-refractivity contribution in [3.05, 3.63) is 47.8 Å². The Morgan fingerprint density at radius 1 is 1.33 bits per heavy atom. The number of nitrogens with zero attached hydrogens (tertiary/aromatic N) is 3. The van der Waals surface area contributed by atoms with Gasteiger partial charge >= 0.3 is 12.6 Å². The second-order valence-corrected chi connectivity index (χ2v) is 5.38. The number of nitrogens with one attached hydrogen (secondary N) is 1. The zero-order valence-electron chi connectivity index (χ0n) is 13.6. The number of benzene rings is 1. The van der Waals surface area contributed by atoms with Gasteiger partial charge in [0.1, 0.15) is 5.75 Å². The van der Waals surface area contributed by atoms with Gasteiger partial charge < -0.3 is 15.0 Å². The molecule has 0 spiro atoms. The van der Waals surface area contributed by atoms with Crippen LogP contribution in [0.2, 0.25) is 0 Å². The molecular formula is C16H20F2N4O2. The lowest BCUT2D eigenvalue weighted by atomic mass is 10.1. The van der Waals surface area contributed by atoms with E-state index in [-0.39, 0.29) is 11.8 Å². The van der Waals surface area contributed by atoms with Crippen LogP contribution in [-0.2, 0) is 20.0 Å². The van der Waals surface area contributed by atoms with Crippen LogP contribution in [0, 0.1) is 0 Å². The third-order valence-electron chi connectivity index (χ3n) is 3.36. The normalized spacial score (nSPS) is 10.7. The van der Waals surface area contributed by atoms with Crippen LogP contribution < -0.4 is 10.1 Å². The molecule has 0 radical (unpaired) electrons. The molecule has 0 saturated carbocycles. The summed E-state index contributed by atoms with van der Waals surface area (Å²) in [7, 11) is 3.53. The number of ether oxygens (including phenoxy) is 1. The number of hydrogen-bond acceptors (Lipinski definition) is 3. The summed E-state index contributed by atoms with van der Waals surface area (Å²) in [6.45, 7) is -1.91. The molecule has 24 heavy (non-hydrogen) atoms. The van der Waals surface area contributed by atoms with Crippen LogP contribution in [0.25, 0.3) is 0 Å². The standard InChI is InChI=1S/C16H20F2N4O2/c1-21(10-13-9-20-22(2)11-13)16(23)19-8-7-12-3-5-14(6-4-12)24-15(17)18/h3-6,9,11,15H,7-8,10H2,1-2H3,(H,19,23). The van der Waals surface area contributed by atoms with Gasteiger partial charge in [0.15, 0.2) is 0 Å². The van der Waals surface area contributed by atoms with Gasteiger partial charge in [0.05, 0.1) is 12.7 Å². The average molecular weight is 338 g/mol. The molecule has 6 nitrogen and oxygen atoms in total. The third-order valence-corrected chi connectivity index (χ3v) is 3.36. The van der Waals surface area contributed by atoms with Gasteiger partial charge in [-0.15, -0.1) is 0 Å². The first-order chi connectivity index (χ1) is 11.4. The van der Waals surface area contributed by atoms with Crippen molar-refractivity contribution < 1.29 is 18.3 Å². The lowest BCUT2D eigenvalue weighted by Gasteiger charge is -2.17. The second-order valence-electron chi connectivity index (χ2n) is 5.38. The molecule has 0 aliphatic rings. The molecule has 2 rings (SSSR count). The molecule has 0 aliphatic heterocycles. The Morgan fingerprint density at radius 3 is 2.62 bits per heavy atom. The van der Waals surface area contributed by atoms with Crippen LogP contribution in [-0.4, -0.2) is 40.9 Å². The van der Waals surface area contributed by atoms with Gasteiger partial charge in [0.25, 0.3) is 0 Å². The minimum absolute atomic E-state index is 0.119. The van der Waals surface area contributed by atoms with Crippen molar-refractivity contribution in [3.63, 3.8) is 0 Å². The van der Waals surface area contributed by atoms with Crippen LogP contribution in [0.5, 0.6) is 5.75 Å². The molecule has 0 fully saturated rings. The van der Waals surface area contributed by atoms with Gasteiger partial charge in [0, 0.05) is 32.4 Å². The highest BCUT2D eigenvalue weighted by atomic mass is 19.3. The highest BCUT2D eigenvalue weighted by molar-refractivity contribution is 5.73. The Kier molecular flexibility index (Phi) is 6.11. The number of alkyl halides is 2. The van der Waals surface area contributed by atoms with Crippen LogP contribution in [0.1, 0.15) is 11.1 Å². The van der Waals surface area contributed by atoms with Crippen molar-refractivity contribution in [2.24, 2.45) is 7.05 Å². The van der Waals surface area contributed by atoms with E-state index >= 15 is 0 Å². The summed E-state index contributed by atoms with van der Waals surface area (Å²) in [6, 6.07) is 6.18. The Labute approximate surface area is 139 Å². The SMILES string of the molecule is CN(Cc1cnn(C)c1)C(=O)NCCc1ccc(OC(F)F)cc1. The average Bonchev–Trinajstić information content (AvgIpc) is 2.93. The molecule has 0 bridgehead atoms. The molecule has 0 aliphatic carbocycles. The molecule has 0 unspecified atom stereocenters. The van der Waals surface area contributed by atoms with Crippen molar-refractivity contribution in [3.8, 4) is 5.75 Å². The predicted octanol–water partition coefficient (Wildman–Crippen LogP) is 2.41. The summed E-state index contributed by atoms with van der Waals surface area (Å²) < 4.78 is 30.1. The topological polar surface area (TPSA) is 59.4 Å². The molecular weight excluding hydrogens is 318 g/mol. The maximum atomic E-state index is 12.1. The molecule has 1 aromatic heterocycles. The number of rotatable bonds is 7. The van der Waals surface area contributed by atoms with Crippen LogP contribution >= 0.6 is 0 Å². The summed E-state index contributed by atoms with van der Waals surface area (Å²) >= 11 is 0. The van der Waals surface area contributed by atoms with Gasteiger partial charge in [-0.3, -0.25) is 4.68 Å². The van der Waals surface area contributed by atoms with E-state index in [0.29, 0.717) is 19.5 Å². The zero-order valence-corrected chi connectivity index (χ0v) is 13.6.